The first-order valence-electron chi connectivity index (χ1n) is 5.43. The Morgan fingerprint density at radius 1 is 1.41 bits per heavy atom. The lowest BCUT2D eigenvalue weighted by Crippen LogP contribution is -2.00. The Hall–Kier alpha value is -1.29. The highest BCUT2D eigenvalue weighted by atomic mass is 79.9. The van der Waals surface area contributed by atoms with E-state index in [1.807, 2.05) is 23.9 Å². The van der Waals surface area contributed by atoms with E-state index in [2.05, 4.69) is 29.8 Å². The Labute approximate surface area is 108 Å². The van der Waals surface area contributed by atoms with Gasteiger partial charge < -0.3 is 9.67 Å². The third-order valence-electron chi connectivity index (χ3n) is 2.92. The van der Waals surface area contributed by atoms with Crippen molar-refractivity contribution in [2.24, 2.45) is 7.05 Å². The van der Waals surface area contributed by atoms with Gasteiger partial charge in [-0.25, -0.2) is 4.79 Å². The summed E-state index contributed by atoms with van der Waals surface area (Å²) in [5, 5.41) is 10.3. The Kier molecular flexibility index (Phi) is 3.00. The Bertz CT molecular complexity index is 599. The lowest BCUT2D eigenvalue weighted by Gasteiger charge is -2.05. The maximum absolute atomic E-state index is 11.3. The summed E-state index contributed by atoms with van der Waals surface area (Å²) in [5.74, 6) is -0.526. The number of benzene rings is 1. The molecule has 2 rings (SSSR count). The molecule has 0 bridgehead atoms. The van der Waals surface area contributed by atoms with Gasteiger partial charge in [0, 0.05) is 23.1 Å². The van der Waals surface area contributed by atoms with Gasteiger partial charge in [0.2, 0.25) is 0 Å². The zero-order chi connectivity index (χ0) is 12.7. The van der Waals surface area contributed by atoms with E-state index in [0.717, 1.165) is 15.4 Å². The van der Waals surface area contributed by atoms with Crippen LogP contribution in [0.2, 0.25) is 0 Å². The second-order valence-corrected chi connectivity index (χ2v) is 5.42. The Morgan fingerprint density at radius 3 is 2.59 bits per heavy atom. The summed E-state index contributed by atoms with van der Waals surface area (Å²) in [6.07, 6.45) is 2.01. The van der Waals surface area contributed by atoms with Crippen LogP contribution < -0.4 is 0 Å². The predicted molar refractivity (Wildman–Crippen MR) is 71.7 cm³/mol. The molecule has 0 amide bonds. The summed E-state index contributed by atoms with van der Waals surface area (Å²) in [5.41, 5.74) is 2.29. The fourth-order valence-electron chi connectivity index (χ4n) is 2.17. The molecule has 0 radical (unpaired) electrons. The summed E-state index contributed by atoms with van der Waals surface area (Å²) in [7, 11) is 1.88. The molecule has 1 heterocycles. The van der Waals surface area contributed by atoms with Crippen LogP contribution in [0.5, 0.6) is 0 Å². The third-order valence-corrected chi connectivity index (χ3v) is 3.38. The van der Waals surface area contributed by atoms with Gasteiger partial charge in [-0.05, 0) is 23.6 Å². The first-order chi connectivity index (χ1) is 7.91. The number of halogens is 1. The maximum Gasteiger partial charge on any atom is 0.337 e. The summed E-state index contributed by atoms with van der Waals surface area (Å²) in [6, 6.07) is 3.63. The molecular formula is C13H14BrNO2. The molecular weight excluding hydrogens is 282 g/mol. The number of aryl methyl sites for hydroxylation is 1. The highest BCUT2D eigenvalue weighted by molar-refractivity contribution is 9.10. The first-order valence-corrected chi connectivity index (χ1v) is 6.23. The van der Waals surface area contributed by atoms with Crippen molar-refractivity contribution in [3.8, 4) is 0 Å². The van der Waals surface area contributed by atoms with Crippen LogP contribution in [-0.4, -0.2) is 15.6 Å². The molecule has 2 aromatic rings. The monoisotopic (exact) mass is 295 g/mol. The minimum absolute atomic E-state index is 0.337. The van der Waals surface area contributed by atoms with Crippen LogP contribution in [0.3, 0.4) is 0 Å². The van der Waals surface area contributed by atoms with Crippen LogP contribution in [0.4, 0.5) is 0 Å². The highest BCUT2D eigenvalue weighted by Crippen LogP contribution is 2.32. The summed E-state index contributed by atoms with van der Waals surface area (Å²) in [4.78, 5) is 11.3. The second-order valence-electron chi connectivity index (χ2n) is 4.50. The van der Waals surface area contributed by atoms with E-state index < -0.39 is 5.97 Å². The van der Waals surface area contributed by atoms with Gasteiger partial charge in [-0.3, -0.25) is 0 Å². The lowest BCUT2D eigenvalue weighted by molar-refractivity contribution is 0.0698. The molecule has 0 aliphatic carbocycles. The van der Waals surface area contributed by atoms with Gasteiger partial charge in [0.1, 0.15) is 0 Å². The minimum Gasteiger partial charge on any atom is -0.478 e. The number of nitrogens with zero attached hydrogens (tertiary/aromatic N) is 1. The van der Waals surface area contributed by atoms with Crippen molar-refractivity contribution >= 4 is 32.8 Å². The normalized spacial score (nSPS) is 11.4. The molecule has 4 heteroatoms. The van der Waals surface area contributed by atoms with E-state index in [0.29, 0.717) is 11.5 Å². The van der Waals surface area contributed by atoms with E-state index in [9.17, 15) is 9.90 Å². The Morgan fingerprint density at radius 2 is 2.06 bits per heavy atom. The summed E-state index contributed by atoms with van der Waals surface area (Å²) < 4.78 is 2.69. The number of hydrogen-bond acceptors (Lipinski definition) is 1. The molecule has 0 saturated heterocycles. The summed E-state index contributed by atoms with van der Waals surface area (Å²) >= 11 is 3.37. The molecule has 1 N–H and O–H groups in total. The van der Waals surface area contributed by atoms with Crippen molar-refractivity contribution in [1.29, 1.82) is 0 Å². The average Bonchev–Trinajstić information content (AvgIpc) is 2.54. The maximum atomic E-state index is 11.3. The molecule has 1 aromatic heterocycles. The number of hydrogen-bond donors (Lipinski definition) is 1. The van der Waals surface area contributed by atoms with Gasteiger partial charge >= 0.3 is 5.97 Å². The topological polar surface area (TPSA) is 42.2 Å². The van der Waals surface area contributed by atoms with Crippen molar-refractivity contribution in [1.82, 2.24) is 4.57 Å². The molecule has 0 spiro atoms. The van der Waals surface area contributed by atoms with E-state index in [1.165, 1.54) is 5.56 Å². The van der Waals surface area contributed by atoms with Gasteiger partial charge in [0.05, 0.1) is 11.1 Å². The van der Waals surface area contributed by atoms with Crippen molar-refractivity contribution in [2.45, 2.75) is 19.8 Å². The first kappa shape index (κ1) is 12.2. The number of carbonyl (C=O) groups is 1. The lowest BCUT2D eigenvalue weighted by atomic mass is 10.0. The molecule has 1 aromatic carbocycles. The smallest absolute Gasteiger partial charge is 0.337 e. The molecule has 0 unspecified atom stereocenters. The molecule has 3 nitrogen and oxygen atoms in total. The average molecular weight is 296 g/mol. The van der Waals surface area contributed by atoms with Crippen molar-refractivity contribution in [2.75, 3.05) is 0 Å². The number of rotatable bonds is 2. The van der Waals surface area contributed by atoms with Crippen molar-refractivity contribution in [3.05, 3.63) is 33.9 Å². The number of carboxylic acid groups (broad SMARTS) is 1. The van der Waals surface area contributed by atoms with Gasteiger partial charge in [-0.2, -0.15) is 0 Å². The van der Waals surface area contributed by atoms with Crippen LogP contribution in [0.25, 0.3) is 10.9 Å². The number of fused-ring (bicyclic) bond motifs is 1. The van der Waals surface area contributed by atoms with Gasteiger partial charge in [-0.15, -0.1) is 0 Å². The van der Waals surface area contributed by atoms with Gasteiger partial charge in [0.15, 0.2) is 0 Å². The molecule has 17 heavy (non-hydrogen) atoms. The molecule has 90 valence electrons. The van der Waals surface area contributed by atoms with Crippen molar-refractivity contribution in [3.63, 3.8) is 0 Å². The SMILES string of the molecule is CC(C)c1cn(C)c2c(C(=O)O)cc(Br)cc12. The molecule has 0 atom stereocenters. The number of carboxylic acids is 1. The van der Waals surface area contributed by atoms with Crippen LogP contribution in [0, 0.1) is 0 Å². The molecule has 0 fully saturated rings. The Balaban J connectivity index is 2.90. The van der Waals surface area contributed by atoms with Crippen LogP contribution in [-0.2, 0) is 7.05 Å². The minimum atomic E-state index is -0.896. The largest absolute Gasteiger partial charge is 0.478 e. The molecule has 0 aliphatic heterocycles. The van der Waals surface area contributed by atoms with E-state index in [-0.39, 0.29) is 0 Å². The number of aromatic nitrogens is 1. The quantitative estimate of drug-likeness (QED) is 0.916. The molecule has 0 saturated carbocycles. The van der Waals surface area contributed by atoms with E-state index >= 15 is 0 Å². The van der Waals surface area contributed by atoms with Gasteiger partial charge in [0.25, 0.3) is 0 Å². The fraction of sp³-hybridized carbons (Fsp3) is 0.308. The predicted octanol–water partition coefficient (Wildman–Crippen LogP) is 3.76. The standard InChI is InChI=1S/C13H14BrNO2/c1-7(2)11-6-15(3)12-9(11)4-8(14)5-10(12)13(16)17/h4-7H,1-3H3,(H,16,17). The van der Waals surface area contributed by atoms with Crippen molar-refractivity contribution < 1.29 is 9.90 Å². The second kappa shape index (κ2) is 4.18. The van der Waals surface area contributed by atoms with E-state index in [4.69, 9.17) is 0 Å². The van der Waals surface area contributed by atoms with Crippen LogP contribution in [0.1, 0.15) is 35.7 Å². The molecule has 0 aliphatic rings. The zero-order valence-corrected chi connectivity index (χ0v) is 11.6. The van der Waals surface area contributed by atoms with Crippen LogP contribution >= 0.6 is 15.9 Å². The third kappa shape index (κ3) is 1.97. The van der Waals surface area contributed by atoms with E-state index in [1.54, 1.807) is 6.07 Å². The zero-order valence-electron chi connectivity index (χ0n) is 9.99. The summed E-state index contributed by atoms with van der Waals surface area (Å²) in [6.45, 7) is 4.21. The highest BCUT2D eigenvalue weighted by Gasteiger charge is 2.17. The van der Waals surface area contributed by atoms with Gasteiger partial charge in [-0.1, -0.05) is 29.8 Å². The fourth-order valence-corrected chi connectivity index (χ4v) is 2.62. The van der Waals surface area contributed by atoms with Crippen LogP contribution in [0.15, 0.2) is 22.8 Å². The number of aromatic carboxylic acids is 1.